The van der Waals surface area contributed by atoms with Crippen LogP contribution in [0.2, 0.25) is 0 Å². The fourth-order valence-corrected chi connectivity index (χ4v) is 4.21. The Morgan fingerprint density at radius 1 is 0.552 bits per heavy atom. The molecule has 0 amide bonds. The van der Waals surface area contributed by atoms with Crippen molar-refractivity contribution in [3.63, 3.8) is 0 Å². The van der Waals surface area contributed by atoms with Crippen LogP contribution in [-0.2, 0) is 25.7 Å². The van der Waals surface area contributed by atoms with Gasteiger partial charge in [0.2, 0.25) is 0 Å². The fourth-order valence-electron chi connectivity index (χ4n) is 4.21. The number of aryl methyl sites for hydroxylation is 4. The van der Waals surface area contributed by atoms with E-state index < -0.39 is 0 Å². The molecule has 0 bridgehead atoms. The Labute approximate surface area is 174 Å². The van der Waals surface area contributed by atoms with E-state index in [-0.39, 0.29) is 5.92 Å². The van der Waals surface area contributed by atoms with Gasteiger partial charge < -0.3 is 10.2 Å². The molecule has 2 nitrogen and oxygen atoms in total. The number of hydrogen-bond donors (Lipinski definition) is 2. The number of hydrogen-bond acceptors (Lipinski definition) is 2. The monoisotopic (exact) mass is 388 g/mol. The molecule has 0 atom stereocenters. The summed E-state index contributed by atoms with van der Waals surface area (Å²) in [7, 11) is 0. The van der Waals surface area contributed by atoms with E-state index in [4.69, 9.17) is 0 Å². The van der Waals surface area contributed by atoms with Crippen LogP contribution in [-0.4, -0.2) is 10.2 Å². The predicted octanol–water partition coefficient (Wildman–Crippen LogP) is 6.53. The molecular weight excluding hydrogens is 356 g/mol. The van der Waals surface area contributed by atoms with Gasteiger partial charge >= 0.3 is 0 Å². The van der Waals surface area contributed by atoms with Crippen LogP contribution in [0.5, 0.6) is 11.5 Å². The van der Waals surface area contributed by atoms with Gasteiger partial charge in [-0.25, -0.2) is 0 Å². The van der Waals surface area contributed by atoms with E-state index in [1.807, 2.05) is 6.07 Å². The van der Waals surface area contributed by atoms with Crippen molar-refractivity contribution in [3.05, 3.63) is 93.5 Å². The normalized spacial score (nSPS) is 11.2. The van der Waals surface area contributed by atoms with E-state index in [1.54, 1.807) is 0 Å². The molecule has 3 rings (SSSR count). The number of phenolic OH excluding ortho intramolecular Hbond substituents is 2. The molecule has 2 N–H and O–H groups in total. The lowest BCUT2D eigenvalue weighted by atomic mass is 9.81. The molecule has 0 spiro atoms. The van der Waals surface area contributed by atoms with Crippen molar-refractivity contribution in [3.8, 4) is 11.5 Å². The summed E-state index contributed by atoms with van der Waals surface area (Å²) in [5, 5.41) is 21.2. The summed E-state index contributed by atoms with van der Waals surface area (Å²) >= 11 is 0. The van der Waals surface area contributed by atoms with Crippen molar-refractivity contribution in [2.24, 2.45) is 0 Å². The van der Waals surface area contributed by atoms with Gasteiger partial charge in [-0.15, -0.1) is 0 Å². The molecule has 0 aliphatic carbocycles. The van der Waals surface area contributed by atoms with Gasteiger partial charge in [-0.05, 0) is 64.6 Å². The van der Waals surface area contributed by atoms with Crippen LogP contribution >= 0.6 is 0 Å². The first-order valence-electron chi connectivity index (χ1n) is 10.8. The largest absolute Gasteiger partial charge is 0.507 e. The molecule has 0 aromatic heterocycles. The first-order chi connectivity index (χ1) is 14.0. The van der Waals surface area contributed by atoms with Crippen LogP contribution in [0.1, 0.15) is 72.6 Å². The lowest BCUT2D eigenvalue weighted by Gasteiger charge is -2.23. The minimum Gasteiger partial charge on any atom is -0.507 e. The Morgan fingerprint density at radius 2 is 0.897 bits per heavy atom. The highest BCUT2D eigenvalue weighted by Crippen LogP contribution is 2.39. The zero-order valence-corrected chi connectivity index (χ0v) is 18.0. The van der Waals surface area contributed by atoms with Gasteiger partial charge in [0, 0.05) is 5.92 Å². The second-order valence-electron chi connectivity index (χ2n) is 7.63. The molecule has 0 unspecified atom stereocenters. The summed E-state index contributed by atoms with van der Waals surface area (Å²) < 4.78 is 0. The van der Waals surface area contributed by atoms with Gasteiger partial charge in [0.1, 0.15) is 11.5 Å². The zero-order chi connectivity index (χ0) is 21.0. The van der Waals surface area contributed by atoms with Crippen LogP contribution in [0, 0.1) is 0 Å². The Kier molecular flexibility index (Phi) is 6.64. The van der Waals surface area contributed by atoms with Gasteiger partial charge in [0.25, 0.3) is 0 Å². The number of rotatable bonds is 7. The van der Waals surface area contributed by atoms with Crippen LogP contribution < -0.4 is 0 Å². The molecule has 0 fully saturated rings. The summed E-state index contributed by atoms with van der Waals surface area (Å²) in [6.45, 7) is 8.34. The standard InChI is InChI=1S/C27H32O2/c1-5-18-14-23(15-19(6-2)26(18)28)25(22-12-10-9-11-13-22)24-16-20(7-3)27(29)21(8-4)17-24/h9-17,25,28-29H,5-8H2,1-4H3. The molecule has 0 saturated carbocycles. The number of benzene rings is 3. The number of phenols is 2. The van der Waals surface area contributed by atoms with Crippen LogP contribution in [0.25, 0.3) is 0 Å². The highest BCUT2D eigenvalue weighted by molar-refractivity contribution is 5.54. The first kappa shape index (κ1) is 21.0. The smallest absolute Gasteiger partial charge is 0.121 e. The highest BCUT2D eigenvalue weighted by atomic mass is 16.3. The minimum atomic E-state index is 0.0589. The molecule has 3 aromatic rings. The third-order valence-corrected chi connectivity index (χ3v) is 5.90. The summed E-state index contributed by atoms with van der Waals surface area (Å²) in [6, 6.07) is 19.1. The highest BCUT2D eigenvalue weighted by Gasteiger charge is 2.21. The molecule has 2 heteroatoms. The molecule has 0 aliphatic heterocycles. The number of aromatic hydroxyl groups is 2. The summed E-state index contributed by atoms with van der Waals surface area (Å²) in [4.78, 5) is 0. The van der Waals surface area contributed by atoms with E-state index in [0.717, 1.165) is 47.9 Å². The SMILES string of the molecule is CCc1cc(C(c2ccccc2)c2cc(CC)c(O)c(CC)c2)cc(CC)c1O. The fraction of sp³-hybridized carbons (Fsp3) is 0.333. The molecule has 152 valence electrons. The average Bonchev–Trinajstić information content (AvgIpc) is 2.76. The summed E-state index contributed by atoms with van der Waals surface area (Å²) in [5.74, 6) is 0.920. The summed E-state index contributed by atoms with van der Waals surface area (Å²) in [6.07, 6.45) is 3.18. The van der Waals surface area contributed by atoms with E-state index in [2.05, 4.69) is 76.2 Å². The van der Waals surface area contributed by atoms with E-state index in [1.165, 1.54) is 16.7 Å². The van der Waals surface area contributed by atoms with Gasteiger partial charge in [-0.2, -0.15) is 0 Å². The molecule has 3 aromatic carbocycles. The Morgan fingerprint density at radius 3 is 1.21 bits per heavy atom. The predicted molar refractivity (Wildman–Crippen MR) is 121 cm³/mol. The molecular formula is C27H32O2. The van der Waals surface area contributed by atoms with E-state index in [9.17, 15) is 10.2 Å². The van der Waals surface area contributed by atoms with Crippen molar-refractivity contribution < 1.29 is 10.2 Å². The average molecular weight is 389 g/mol. The van der Waals surface area contributed by atoms with Gasteiger partial charge in [0.05, 0.1) is 0 Å². The van der Waals surface area contributed by atoms with Gasteiger partial charge in [-0.3, -0.25) is 0 Å². The Bertz CT molecular complexity index is 862. The third kappa shape index (κ3) is 4.17. The molecule has 0 aliphatic rings. The van der Waals surface area contributed by atoms with Crippen molar-refractivity contribution in [1.82, 2.24) is 0 Å². The van der Waals surface area contributed by atoms with E-state index in [0.29, 0.717) is 11.5 Å². The maximum atomic E-state index is 10.6. The van der Waals surface area contributed by atoms with Gasteiger partial charge in [0.15, 0.2) is 0 Å². The quantitative estimate of drug-likeness (QED) is 0.452. The van der Waals surface area contributed by atoms with Crippen molar-refractivity contribution in [2.45, 2.75) is 59.3 Å². The molecule has 29 heavy (non-hydrogen) atoms. The maximum absolute atomic E-state index is 10.6. The molecule has 0 heterocycles. The Balaban J connectivity index is 2.29. The third-order valence-electron chi connectivity index (χ3n) is 5.90. The van der Waals surface area contributed by atoms with Gasteiger partial charge in [-0.1, -0.05) is 82.3 Å². The minimum absolute atomic E-state index is 0.0589. The Hall–Kier alpha value is -2.74. The van der Waals surface area contributed by atoms with Crippen molar-refractivity contribution in [1.29, 1.82) is 0 Å². The van der Waals surface area contributed by atoms with Crippen LogP contribution in [0.4, 0.5) is 0 Å². The van der Waals surface area contributed by atoms with Crippen molar-refractivity contribution in [2.75, 3.05) is 0 Å². The second-order valence-corrected chi connectivity index (χ2v) is 7.63. The first-order valence-corrected chi connectivity index (χ1v) is 10.8. The topological polar surface area (TPSA) is 40.5 Å². The lowest BCUT2D eigenvalue weighted by molar-refractivity contribution is 0.462. The molecule has 0 saturated heterocycles. The lowest BCUT2D eigenvalue weighted by Crippen LogP contribution is -2.07. The summed E-state index contributed by atoms with van der Waals surface area (Å²) in [5.41, 5.74) is 7.57. The second kappa shape index (κ2) is 9.17. The van der Waals surface area contributed by atoms with Crippen LogP contribution in [0.3, 0.4) is 0 Å². The van der Waals surface area contributed by atoms with E-state index >= 15 is 0 Å². The van der Waals surface area contributed by atoms with Crippen LogP contribution in [0.15, 0.2) is 54.6 Å². The molecule has 0 radical (unpaired) electrons. The maximum Gasteiger partial charge on any atom is 0.121 e. The van der Waals surface area contributed by atoms with Crippen molar-refractivity contribution >= 4 is 0 Å². The zero-order valence-electron chi connectivity index (χ0n) is 18.0.